The van der Waals surface area contributed by atoms with E-state index < -0.39 is 28.9 Å². The number of methoxy groups -OCH3 is 2. The first-order valence-corrected chi connectivity index (χ1v) is 14.7. The molecule has 1 heterocycles. The van der Waals surface area contributed by atoms with Gasteiger partial charge in [0.1, 0.15) is 17.0 Å². The number of amides is 2. The summed E-state index contributed by atoms with van der Waals surface area (Å²) in [6.45, 7) is 0.410. The molecule has 0 bridgehead atoms. The van der Waals surface area contributed by atoms with Crippen LogP contribution in [0.3, 0.4) is 0 Å². The van der Waals surface area contributed by atoms with Gasteiger partial charge in [-0.2, -0.15) is 0 Å². The van der Waals surface area contributed by atoms with Gasteiger partial charge in [-0.1, -0.05) is 0 Å². The van der Waals surface area contributed by atoms with Gasteiger partial charge in [0, 0.05) is 41.5 Å². The molecule has 5 rings (SSSR count). The van der Waals surface area contributed by atoms with Gasteiger partial charge in [-0.25, -0.2) is 8.78 Å². The Labute approximate surface area is 264 Å². The SMILES string of the molecule is COC(=O)CCCCCOc1cc2nccc(Oc3ccc(NC(=O)C4(C(=O)Nc5ccc(F)cc5)CC4)cc3F)c2cc1OC. The number of benzene rings is 3. The second-order valence-electron chi connectivity index (χ2n) is 10.8. The highest BCUT2D eigenvalue weighted by Crippen LogP contribution is 2.47. The number of carbonyl (C=O) groups is 3. The number of pyridine rings is 1. The van der Waals surface area contributed by atoms with E-state index in [2.05, 4.69) is 20.4 Å². The van der Waals surface area contributed by atoms with E-state index >= 15 is 4.39 Å². The van der Waals surface area contributed by atoms with Crippen LogP contribution in [-0.4, -0.2) is 43.6 Å². The number of anilines is 2. The van der Waals surface area contributed by atoms with Gasteiger partial charge in [0.25, 0.3) is 0 Å². The second-order valence-corrected chi connectivity index (χ2v) is 10.8. The second kappa shape index (κ2) is 14.2. The third-order valence-corrected chi connectivity index (χ3v) is 7.63. The lowest BCUT2D eigenvalue weighted by Crippen LogP contribution is -2.35. The van der Waals surface area contributed by atoms with Crippen molar-refractivity contribution in [2.24, 2.45) is 5.41 Å². The molecule has 1 aliphatic rings. The van der Waals surface area contributed by atoms with Gasteiger partial charge in [0.05, 0.1) is 26.3 Å². The summed E-state index contributed by atoms with van der Waals surface area (Å²) in [5.74, 6) is -1.34. The predicted octanol–water partition coefficient (Wildman–Crippen LogP) is 6.78. The molecular formula is C34H33F2N3O7. The predicted molar refractivity (Wildman–Crippen MR) is 166 cm³/mol. The zero-order valence-corrected chi connectivity index (χ0v) is 25.4. The summed E-state index contributed by atoms with van der Waals surface area (Å²) in [6.07, 6.45) is 4.78. The fraction of sp³-hybridized carbons (Fsp3) is 0.294. The highest BCUT2D eigenvalue weighted by molar-refractivity contribution is 6.16. The summed E-state index contributed by atoms with van der Waals surface area (Å²) in [6, 6.07) is 14.2. The molecule has 2 amide bonds. The number of rotatable bonds is 14. The van der Waals surface area contributed by atoms with Gasteiger partial charge >= 0.3 is 5.97 Å². The van der Waals surface area contributed by atoms with Gasteiger partial charge in [-0.3, -0.25) is 19.4 Å². The molecule has 240 valence electrons. The van der Waals surface area contributed by atoms with Crippen LogP contribution in [0, 0.1) is 17.0 Å². The molecule has 0 unspecified atom stereocenters. The molecule has 0 radical (unpaired) electrons. The lowest BCUT2D eigenvalue weighted by Gasteiger charge is -2.16. The van der Waals surface area contributed by atoms with Gasteiger partial charge in [-0.05, 0) is 80.6 Å². The quantitative estimate of drug-likeness (QED) is 0.0884. The summed E-state index contributed by atoms with van der Waals surface area (Å²) in [5.41, 5.74) is -0.227. The Kier molecular flexibility index (Phi) is 9.94. The summed E-state index contributed by atoms with van der Waals surface area (Å²) in [7, 11) is 2.87. The Morgan fingerprint density at radius 1 is 0.804 bits per heavy atom. The van der Waals surface area contributed by atoms with Gasteiger partial charge in [0.15, 0.2) is 23.1 Å². The van der Waals surface area contributed by atoms with Crippen molar-refractivity contribution in [3.05, 3.63) is 78.5 Å². The zero-order chi connectivity index (χ0) is 32.7. The summed E-state index contributed by atoms with van der Waals surface area (Å²) >= 11 is 0. The van der Waals surface area contributed by atoms with Crippen LogP contribution in [0.2, 0.25) is 0 Å². The lowest BCUT2D eigenvalue weighted by atomic mass is 10.0. The largest absolute Gasteiger partial charge is 0.493 e. The summed E-state index contributed by atoms with van der Waals surface area (Å²) < 4.78 is 50.4. The maximum absolute atomic E-state index is 15.2. The number of halogens is 2. The first-order chi connectivity index (χ1) is 22.2. The minimum atomic E-state index is -1.29. The third kappa shape index (κ3) is 7.51. The molecule has 10 nitrogen and oxygen atoms in total. The van der Waals surface area contributed by atoms with Crippen molar-refractivity contribution in [3.8, 4) is 23.0 Å². The number of aromatic nitrogens is 1. The number of hydrogen-bond donors (Lipinski definition) is 2. The van der Waals surface area contributed by atoms with Crippen LogP contribution in [0.25, 0.3) is 10.9 Å². The first-order valence-electron chi connectivity index (χ1n) is 14.7. The fourth-order valence-electron chi connectivity index (χ4n) is 4.82. The van der Waals surface area contributed by atoms with Crippen molar-refractivity contribution >= 4 is 40.1 Å². The van der Waals surface area contributed by atoms with Gasteiger partial charge in [-0.15, -0.1) is 0 Å². The average molecular weight is 634 g/mol. The van der Waals surface area contributed by atoms with Crippen molar-refractivity contribution in [2.75, 3.05) is 31.5 Å². The van der Waals surface area contributed by atoms with Crippen LogP contribution in [0.15, 0.2) is 66.9 Å². The molecule has 3 aromatic carbocycles. The first kappa shape index (κ1) is 32.1. The van der Waals surface area contributed by atoms with E-state index in [1.807, 2.05) is 0 Å². The van der Waals surface area contributed by atoms with E-state index in [1.54, 1.807) is 18.2 Å². The van der Waals surface area contributed by atoms with E-state index in [9.17, 15) is 18.8 Å². The number of fused-ring (bicyclic) bond motifs is 1. The smallest absolute Gasteiger partial charge is 0.305 e. The highest BCUT2D eigenvalue weighted by atomic mass is 19.1. The number of hydrogen-bond acceptors (Lipinski definition) is 8. The Morgan fingerprint density at radius 2 is 1.52 bits per heavy atom. The van der Waals surface area contributed by atoms with Crippen molar-refractivity contribution < 1.29 is 42.1 Å². The van der Waals surface area contributed by atoms with Crippen LogP contribution in [0.1, 0.15) is 38.5 Å². The number of ether oxygens (including phenoxy) is 4. The lowest BCUT2D eigenvalue weighted by molar-refractivity contribution is -0.140. The van der Waals surface area contributed by atoms with Crippen molar-refractivity contribution in [3.63, 3.8) is 0 Å². The molecule has 1 aromatic heterocycles. The van der Waals surface area contributed by atoms with Crippen molar-refractivity contribution in [2.45, 2.75) is 38.5 Å². The van der Waals surface area contributed by atoms with E-state index in [0.717, 1.165) is 18.9 Å². The Morgan fingerprint density at radius 3 is 2.20 bits per heavy atom. The van der Waals surface area contributed by atoms with Crippen LogP contribution < -0.4 is 24.8 Å². The van der Waals surface area contributed by atoms with Crippen LogP contribution in [-0.2, 0) is 19.1 Å². The van der Waals surface area contributed by atoms with E-state index in [-0.39, 0.29) is 17.4 Å². The Bertz CT molecular complexity index is 1740. The van der Waals surface area contributed by atoms with E-state index in [1.165, 1.54) is 56.8 Å². The molecule has 0 saturated heterocycles. The fourth-order valence-corrected chi connectivity index (χ4v) is 4.82. The minimum Gasteiger partial charge on any atom is -0.493 e. The number of esters is 1. The molecule has 1 aliphatic carbocycles. The Hall–Kier alpha value is -5.26. The molecule has 0 spiro atoms. The van der Waals surface area contributed by atoms with Crippen LogP contribution in [0.5, 0.6) is 23.0 Å². The number of nitrogens with zero attached hydrogens (tertiary/aromatic N) is 1. The summed E-state index contributed by atoms with van der Waals surface area (Å²) in [4.78, 5) is 41.5. The average Bonchev–Trinajstić information content (AvgIpc) is 3.87. The molecular weight excluding hydrogens is 600 g/mol. The molecule has 1 saturated carbocycles. The maximum atomic E-state index is 15.2. The number of unbranched alkanes of at least 4 members (excludes halogenated alkanes) is 2. The molecule has 1 fully saturated rings. The van der Waals surface area contributed by atoms with Crippen molar-refractivity contribution in [1.29, 1.82) is 0 Å². The molecule has 46 heavy (non-hydrogen) atoms. The molecule has 12 heteroatoms. The maximum Gasteiger partial charge on any atom is 0.305 e. The van der Waals surface area contributed by atoms with Gasteiger partial charge in [0.2, 0.25) is 11.8 Å². The Balaban J connectivity index is 1.23. The number of nitrogens with one attached hydrogen (secondary N) is 2. The van der Waals surface area contributed by atoms with Gasteiger partial charge < -0.3 is 29.6 Å². The normalized spacial score (nSPS) is 13.0. The minimum absolute atomic E-state index is 0.0908. The molecule has 2 N–H and O–H groups in total. The highest BCUT2D eigenvalue weighted by Gasteiger charge is 2.56. The van der Waals surface area contributed by atoms with Crippen LogP contribution in [0.4, 0.5) is 20.2 Å². The van der Waals surface area contributed by atoms with E-state index in [0.29, 0.717) is 66.1 Å². The van der Waals surface area contributed by atoms with E-state index in [4.69, 9.17) is 14.2 Å². The monoisotopic (exact) mass is 633 g/mol. The standard InChI is InChI=1S/C34H33F2N3O7/c1-43-29-19-24-26(20-30(29)45-17-5-3-4-6-31(40)44-2)37-16-13-27(24)46-28-12-11-23(18-25(28)36)39-33(42)34(14-15-34)32(41)38-22-9-7-21(35)8-10-22/h7-13,16,18-20H,3-6,14-15,17H2,1-2H3,(H,38,41)(H,39,42). The third-order valence-electron chi connectivity index (χ3n) is 7.63. The summed E-state index contributed by atoms with van der Waals surface area (Å²) in [5, 5.41) is 5.82. The molecule has 0 atom stereocenters. The molecule has 4 aromatic rings. The van der Waals surface area contributed by atoms with Crippen molar-refractivity contribution in [1.82, 2.24) is 4.98 Å². The van der Waals surface area contributed by atoms with Crippen LogP contribution >= 0.6 is 0 Å². The number of carbonyl (C=O) groups excluding carboxylic acids is 3. The molecule has 0 aliphatic heterocycles. The zero-order valence-electron chi connectivity index (χ0n) is 25.4. The topological polar surface area (TPSA) is 125 Å².